The van der Waals surface area contributed by atoms with Crippen LogP contribution in [0.5, 0.6) is 0 Å². The predicted octanol–water partition coefficient (Wildman–Crippen LogP) is -1.01. The highest BCUT2D eigenvalue weighted by Gasteiger charge is 2.33. The molecule has 1 aromatic rings. The van der Waals surface area contributed by atoms with Gasteiger partial charge in [0.25, 0.3) is 10.2 Å². The van der Waals surface area contributed by atoms with Crippen LogP contribution < -0.4 is 0 Å². The summed E-state index contributed by atoms with van der Waals surface area (Å²) in [5.74, 6) is 1.20. The van der Waals surface area contributed by atoms with Crippen LogP contribution in [0.1, 0.15) is 11.7 Å². The predicted molar refractivity (Wildman–Crippen MR) is 83.9 cm³/mol. The van der Waals surface area contributed by atoms with Crippen molar-refractivity contribution < 1.29 is 12.9 Å². The van der Waals surface area contributed by atoms with Crippen LogP contribution in [0.4, 0.5) is 0 Å². The van der Waals surface area contributed by atoms with Crippen molar-refractivity contribution in [3.05, 3.63) is 11.7 Å². The van der Waals surface area contributed by atoms with E-state index in [2.05, 4.69) is 19.9 Å². The number of likely N-dealkylation sites (N-methyl/N-ethyl adjacent to an activating group) is 1. The zero-order valence-corrected chi connectivity index (χ0v) is 14.5. The van der Waals surface area contributed by atoms with E-state index in [1.54, 1.807) is 15.5 Å². The van der Waals surface area contributed by atoms with Crippen LogP contribution in [0.2, 0.25) is 0 Å². The molecule has 0 radical (unpaired) electrons. The fourth-order valence-corrected chi connectivity index (χ4v) is 4.47. The normalized spacial score (nSPS) is 23.4. The van der Waals surface area contributed by atoms with Crippen LogP contribution in [0.15, 0.2) is 4.52 Å². The Morgan fingerprint density at radius 2 is 1.57 bits per heavy atom. The lowest BCUT2D eigenvalue weighted by molar-refractivity contribution is 0.152. The molecule has 2 fully saturated rings. The molecule has 3 heterocycles. The van der Waals surface area contributed by atoms with Gasteiger partial charge in [-0.05, 0) is 14.0 Å². The van der Waals surface area contributed by atoms with E-state index in [1.807, 2.05) is 7.05 Å². The second-order valence-electron chi connectivity index (χ2n) is 6.12. The Morgan fingerprint density at radius 1 is 1.00 bits per heavy atom. The van der Waals surface area contributed by atoms with Crippen molar-refractivity contribution in [1.29, 1.82) is 0 Å². The van der Waals surface area contributed by atoms with Gasteiger partial charge in [0.15, 0.2) is 5.82 Å². The van der Waals surface area contributed by atoms with Crippen LogP contribution in [-0.4, -0.2) is 96.4 Å². The Bertz CT molecular complexity index is 617. The monoisotopic (exact) mass is 344 g/mol. The molecule has 0 unspecified atom stereocenters. The number of rotatable bonds is 4. The van der Waals surface area contributed by atoms with Gasteiger partial charge in [-0.15, -0.1) is 0 Å². The van der Waals surface area contributed by atoms with Crippen molar-refractivity contribution in [3.63, 3.8) is 0 Å². The van der Waals surface area contributed by atoms with E-state index in [0.29, 0.717) is 57.5 Å². The maximum atomic E-state index is 12.7. The Labute approximate surface area is 137 Å². The lowest BCUT2D eigenvalue weighted by atomic mass is 10.3. The third-order valence-electron chi connectivity index (χ3n) is 4.37. The third-order valence-corrected chi connectivity index (χ3v) is 6.41. The van der Waals surface area contributed by atoms with E-state index in [4.69, 9.17) is 4.52 Å². The molecule has 3 rings (SSSR count). The number of nitrogens with zero attached hydrogens (tertiary/aromatic N) is 6. The largest absolute Gasteiger partial charge is 0.338 e. The van der Waals surface area contributed by atoms with Crippen molar-refractivity contribution in [2.45, 2.75) is 13.5 Å². The molecule has 0 spiro atoms. The molecule has 0 saturated carbocycles. The van der Waals surface area contributed by atoms with Crippen molar-refractivity contribution in [1.82, 2.24) is 28.6 Å². The number of piperazine rings is 2. The molecule has 0 atom stereocenters. The van der Waals surface area contributed by atoms with Crippen LogP contribution in [0.3, 0.4) is 0 Å². The van der Waals surface area contributed by atoms with E-state index in [9.17, 15) is 8.42 Å². The summed E-state index contributed by atoms with van der Waals surface area (Å²) in [7, 11) is -1.32. The highest BCUT2D eigenvalue weighted by molar-refractivity contribution is 7.86. The van der Waals surface area contributed by atoms with Gasteiger partial charge in [0.1, 0.15) is 0 Å². The molecule has 0 aromatic carbocycles. The molecular formula is C13H24N6O3S. The zero-order valence-electron chi connectivity index (χ0n) is 13.7. The number of hydrogen-bond acceptors (Lipinski definition) is 7. The summed E-state index contributed by atoms with van der Waals surface area (Å²) >= 11 is 0. The van der Waals surface area contributed by atoms with Gasteiger partial charge in [-0.1, -0.05) is 5.16 Å². The first kappa shape index (κ1) is 16.8. The van der Waals surface area contributed by atoms with Crippen molar-refractivity contribution in [2.24, 2.45) is 0 Å². The molecule has 9 nitrogen and oxygen atoms in total. The highest BCUT2D eigenvalue weighted by Crippen LogP contribution is 2.15. The van der Waals surface area contributed by atoms with Gasteiger partial charge >= 0.3 is 0 Å². The number of aromatic nitrogens is 2. The fraction of sp³-hybridized carbons (Fsp3) is 0.846. The standard InChI is InChI=1S/C13H24N6O3S/c1-12-14-13(22-15-12)11-17-5-9-19(10-6-17)23(20,21)18-7-3-16(2)4-8-18/h3-11H2,1-2H3. The molecule has 130 valence electrons. The average molecular weight is 344 g/mol. The molecule has 1 aromatic heterocycles. The number of aryl methyl sites for hydroxylation is 1. The fourth-order valence-electron chi connectivity index (χ4n) is 2.90. The van der Waals surface area contributed by atoms with Gasteiger partial charge in [-0.25, -0.2) is 0 Å². The molecular weight excluding hydrogens is 320 g/mol. The van der Waals surface area contributed by atoms with E-state index in [0.717, 1.165) is 13.1 Å². The second kappa shape index (κ2) is 6.81. The summed E-state index contributed by atoms with van der Waals surface area (Å²) in [6.07, 6.45) is 0. The first-order valence-corrected chi connectivity index (χ1v) is 9.30. The van der Waals surface area contributed by atoms with Crippen LogP contribution in [0, 0.1) is 6.92 Å². The van der Waals surface area contributed by atoms with E-state index in [1.165, 1.54) is 0 Å². The summed E-state index contributed by atoms with van der Waals surface area (Å²) in [5.41, 5.74) is 0. The Hall–Kier alpha value is -1.07. The minimum absolute atomic E-state index is 0.502. The van der Waals surface area contributed by atoms with Crippen molar-refractivity contribution in [2.75, 3.05) is 59.4 Å². The summed E-state index contributed by atoms with van der Waals surface area (Å²) < 4.78 is 33.7. The smallest absolute Gasteiger partial charge is 0.282 e. The highest BCUT2D eigenvalue weighted by atomic mass is 32.2. The lowest BCUT2D eigenvalue weighted by Crippen LogP contribution is -2.56. The minimum Gasteiger partial charge on any atom is -0.338 e. The molecule has 0 aliphatic carbocycles. The maximum Gasteiger partial charge on any atom is 0.282 e. The zero-order chi connectivity index (χ0) is 16.4. The molecule has 2 saturated heterocycles. The molecule has 23 heavy (non-hydrogen) atoms. The SMILES string of the molecule is Cc1noc(CN2CCN(S(=O)(=O)N3CCN(C)CC3)CC2)n1. The second-order valence-corrected chi connectivity index (χ2v) is 8.05. The Morgan fingerprint density at radius 3 is 2.09 bits per heavy atom. The van der Waals surface area contributed by atoms with Gasteiger partial charge < -0.3 is 9.42 Å². The van der Waals surface area contributed by atoms with Gasteiger partial charge in [0.05, 0.1) is 6.54 Å². The van der Waals surface area contributed by atoms with Gasteiger partial charge in [-0.2, -0.15) is 22.0 Å². The first-order chi connectivity index (χ1) is 10.9. The lowest BCUT2D eigenvalue weighted by Gasteiger charge is -2.38. The Kier molecular flexibility index (Phi) is 4.97. The molecule has 0 N–H and O–H groups in total. The topological polar surface area (TPSA) is 86.0 Å². The van der Waals surface area contributed by atoms with E-state index in [-0.39, 0.29) is 0 Å². The molecule has 2 aliphatic heterocycles. The summed E-state index contributed by atoms with van der Waals surface area (Å²) in [5, 5.41) is 3.77. The van der Waals surface area contributed by atoms with Gasteiger partial charge in [-0.3, -0.25) is 4.90 Å². The molecule has 2 aliphatic rings. The molecule has 10 heteroatoms. The first-order valence-electron chi connectivity index (χ1n) is 7.90. The summed E-state index contributed by atoms with van der Waals surface area (Å²) in [6.45, 7) is 7.43. The van der Waals surface area contributed by atoms with E-state index < -0.39 is 10.2 Å². The summed E-state index contributed by atoms with van der Waals surface area (Å²) in [6, 6.07) is 0. The van der Waals surface area contributed by atoms with Gasteiger partial charge in [0, 0.05) is 52.4 Å². The average Bonchev–Trinajstić information content (AvgIpc) is 2.93. The third kappa shape index (κ3) is 3.89. The quantitative estimate of drug-likeness (QED) is 0.691. The maximum absolute atomic E-state index is 12.7. The van der Waals surface area contributed by atoms with Crippen molar-refractivity contribution >= 4 is 10.2 Å². The minimum atomic E-state index is -3.34. The number of hydrogen-bond donors (Lipinski definition) is 0. The van der Waals surface area contributed by atoms with Gasteiger partial charge in [0.2, 0.25) is 5.89 Å². The van der Waals surface area contributed by atoms with Crippen LogP contribution in [0.25, 0.3) is 0 Å². The molecule has 0 amide bonds. The molecule has 0 bridgehead atoms. The van der Waals surface area contributed by atoms with Crippen molar-refractivity contribution in [3.8, 4) is 0 Å². The van der Waals surface area contributed by atoms with E-state index >= 15 is 0 Å². The van der Waals surface area contributed by atoms with Crippen LogP contribution in [-0.2, 0) is 16.8 Å². The van der Waals surface area contributed by atoms with Crippen LogP contribution >= 0.6 is 0 Å². The Balaban J connectivity index is 1.53. The summed E-state index contributed by atoms with van der Waals surface area (Å²) in [4.78, 5) is 8.48.